The first-order valence-electron chi connectivity index (χ1n) is 11.8. The zero-order valence-electron chi connectivity index (χ0n) is 19.4. The molecule has 2 atom stereocenters. The molecule has 1 aromatic carbocycles. The number of halogens is 6. The van der Waals surface area contributed by atoms with Gasteiger partial charge < -0.3 is 19.7 Å². The van der Waals surface area contributed by atoms with E-state index >= 15 is 0 Å². The van der Waals surface area contributed by atoms with E-state index in [1.807, 2.05) is 6.92 Å². The Hall–Kier alpha value is -2.30. The highest BCUT2D eigenvalue weighted by atomic mass is 19.4. The molecule has 2 aliphatic rings. The first kappa shape index (κ1) is 27.3. The van der Waals surface area contributed by atoms with E-state index in [9.17, 15) is 35.9 Å². The van der Waals surface area contributed by atoms with Crippen LogP contribution in [-0.2, 0) is 28.4 Å². The maximum atomic E-state index is 13.1. The summed E-state index contributed by atoms with van der Waals surface area (Å²) in [6.07, 6.45) is -4.96. The minimum atomic E-state index is -4.90. The number of alkyl halides is 6. The van der Waals surface area contributed by atoms with Gasteiger partial charge in [0, 0.05) is 31.1 Å². The van der Waals surface area contributed by atoms with Crippen LogP contribution in [0.25, 0.3) is 0 Å². The Balaban J connectivity index is 1.57. The van der Waals surface area contributed by atoms with Crippen molar-refractivity contribution in [1.82, 2.24) is 10.2 Å². The Labute approximate surface area is 200 Å². The average Bonchev–Trinajstić information content (AvgIpc) is 3.24. The molecule has 196 valence electrons. The Kier molecular flexibility index (Phi) is 8.72. The third-order valence-electron chi connectivity index (χ3n) is 6.89. The van der Waals surface area contributed by atoms with Gasteiger partial charge in [0.2, 0.25) is 0 Å². The summed E-state index contributed by atoms with van der Waals surface area (Å²) in [5, 5.41) is 3.00. The molecule has 2 fully saturated rings. The molecule has 11 heteroatoms. The second-order valence-corrected chi connectivity index (χ2v) is 9.44. The summed E-state index contributed by atoms with van der Waals surface area (Å²) in [6, 6.07) is 1.09. The number of rotatable bonds is 7. The Morgan fingerprint density at radius 2 is 1.66 bits per heavy atom. The molecule has 3 rings (SSSR count). The molecule has 0 bridgehead atoms. The van der Waals surface area contributed by atoms with Crippen LogP contribution in [0.15, 0.2) is 18.2 Å². The van der Waals surface area contributed by atoms with E-state index < -0.39 is 29.6 Å². The first-order chi connectivity index (χ1) is 16.4. The standard InChI is InChI=1S/C24H30F6N2O3/c1-2-21-10-20(12-32(21)22(34)35-14-16-5-3-15(13-33)4-6-16)31-11-17-7-18(23(25,26)27)9-19(8-17)24(28,29)30/h7-9,13,15-16,20-21,31H,2-6,10-12,14H2,1H3/t15?,16?,20-,21+/m0/s1. The lowest BCUT2D eigenvalue weighted by atomic mass is 9.83. The first-order valence-corrected chi connectivity index (χ1v) is 11.8. The molecule has 1 aliphatic carbocycles. The van der Waals surface area contributed by atoms with Gasteiger partial charge >= 0.3 is 18.4 Å². The lowest BCUT2D eigenvalue weighted by molar-refractivity contribution is -0.143. The maximum Gasteiger partial charge on any atom is 0.416 e. The van der Waals surface area contributed by atoms with Crippen molar-refractivity contribution in [2.75, 3.05) is 13.2 Å². The van der Waals surface area contributed by atoms with Crippen LogP contribution >= 0.6 is 0 Å². The van der Waals surface area contributed by atoms with Gasteiger partial charge in [0.1, 0.15) is 6.29 Å². The molecule has 0 spiro atoms. The zero-order chi connectivity index (χ0) is 25.8. The Bertz CT molecular complexity index is 849. The number of carbonyl (C=O) groups excluding carboxylic acids is 2. The normalized spacial score (nSPS) is 25.5. The number of aldehydes is 1. The molecule has 35 heavy (non-hydrogen) atoms. The molecule has 1 saturated carbocycles. The SMILES string of the molecule is CC[C@@H]1C[C@H](NCc2cc(C(F)(F)F)cc(C(F)(F)F)c2)CN1C(=O)OCC1CCC(C=O)CC1. The second-order valence-electron chi connectivity index (χ2n) is 9.44. The van der Waals surface area contributed by atoms with Crippen LogP contribution < -0.4 is 5.32 Å². The predicted molar refractivity (Wildman–Crippen MR) is 115 cm³/mol. The summed E-state index contributed by atoms with van der Waals surface area (Å²) in [7, 11) is 0. The van der Waals surface area contributed by atoms with E-state index in [2.05, 4.69) is 5.32 Å². The lowest BCUT2D eigenvalue weighted by Gasteiger charge is -2.27. The quantitative estimate of drug-likeness (QED) is 0.373. The van der Waals surface area contributed by atoms with Crippen molar-refractivity contribution >= 4 is 12.4 Å². The minimum Gasteiger partial charge on any atom is -0.449 e. The Morgan fingerprint density at radius 3 is 2.17 bits per heavy atom. The highest BCUT2D eigenvalue weighted by Gasteiger charge is 2.38. The summed E-state index contributed by atoms with van der Waals surface area (Å²) >= 11 is 0. The van der Waals surface area contributed by atoms with Crippen LogP contribution in [0.2, 0.25) is 0 Å². The summed E-state index contributed by atoms with van der Waals surface area (Å²) in [4.78, 5) is 25.1. The van der Waals surface area contributed by atoms with Gasteiger partial charge in [-0.3, -0.25) is 0 Å². The summed E-state index contributed by atoms with van der Waals surface area (Å²) in [5.41, 5.74) is -2.84. The second kappa shape index (κ2) is 11.2. The molecule has 0 aromatic heterocycles. The smallest absolute Gasteiger partial charge is 0.416 e. The van der Waals surface area contributed by atoms with Crippen LogP contribution in [-0.4, -0.2) is 42.5 Å². The van der Waals surface area contributed by atoms with E-state index in [4.69, 9.17) is 4.74 Å². The van der Waals surface area contributed by atoms with Crippen molar-refractivity contribution in [2.45, 2.75) is 76.4 Å². The van der Waals surface area contributed by atoms with Gasteiger partial charge in [-0.25, -0.2) is 4.79 Å². The molecular formula is C24H30F6N2O3. The van der Waals surface area contributed by atoms with Gasteiger partial charge in [-0.2, -0.15) is 26.3 Å². The maximum absolute atomic E-state index is 13.1. The number of hydrogen-bond donors (Lipinski definition) is 1. The number of ether oxygens (including phenoxy) is 1. The van der Waals surface area contributed by atoms with Gasteiger partial charge in [-0.15, -0.1) is 0 Å². The Morgan fingerprint density at radius 1 is 1.06 bits per heavy atom. The molecule has 0 radical (unpaired) electrons. The van der Waals surface area contributed by atoms with Crippen LogP contribution in [0.4, 0.5) is 31.1 Å². The zero-order valence-corrected chi connectivity index (χ0v) is 19.4. The number of benzene rings is 1. The number of carbonyl (C=O) groups is 2. The van der Waals surface area contributed by atoms with Crippen LogP contribution in [0, 0.1) is 11.8 Å². The van der Waals surface area contributed by atoms with Crippen molar-refractivity contribution in [1.29, 1.82) is 0 Å². The van der Waals surface area contributed by atoms with Crippen LogP contribution in [0.5, 0.6) is 0 Å². The monoisotopic (exact) mass is 508 g/mol. The third-order valence-corrected chi connectivity index (χ3v) is 6.89. The van der Waals surface area contributed by atoms with Gasteiger partial charge in [-0.05, 0) is 68.2 Å². The highest BCUT2D eigenvalue weighted by molar-refractivity contribution is 5.68. The van der Waals surface area contributed by atoms with Gasteiger partial charge in [0.25, 0.3) is 0 Å². The third kappa shape index (κ3) is 7.35. The summed E-state index contributed by atoms with van der Waals surface area (Å²) < 4.78 is 84.1. The molecule has 1 saturated heterocycles. The largest absolute Gasteiger partial charge is 0.449 e. The number of nitrogens with one attached hydrogen (secondary N) is 1. The average molecular weight is 509 g/mol. The van der Waals surface area contributed by atoms with Gasteiger partial charge in [0.05, 0.1) is 17.7 Å². The lowest BCUT2D eigenvalue weighted by Crippen LogP contribution is -2.38. The number of amides is 1. The van der Waals surface area contributed by atoms with Crippen LogP contribution in [0.1, 0.15) is 62.1 Å². The summed E-state index contributed by atoms with van der Waals surface area (Å²) in [6.45, 7) is 2.22. The van der Waals surface area contributed by atoms with E-state index in [0.29, 0.717) is 25.0 Å². The molecule has 1 amide bonds. The minimum absolute atomic E-state index is 0.0703. The van der Waals surface area contributed by atoms with Crippen molar-refractivity contribution in [2.24, 2.45) is 11.8 Å². The van der Waals surface area contributed by atoms with Crippen molar-refractivity contribution < 1.29 is 40.7 Å². The number of likely N-dealkylation sites (tertiary alicyclic amines) is 1. The van der Waals surface area contributed by atoms with Crippen molar-refractivity contribution in [3.8, 4) is 0 Å². The molecule has 5 nitrogen and oxygen atoms in total. The van der Waals surface area contributed by atoms with Crippen molar-refractivity contribution in [3.05, 3.63) is 34.9 Å². The topological polar surface area (TPSA) is 58.6 Å². The van der Waals surface area contributed by atoms with Gasteiger partial charge in [-0.1, -0.05) is 6.92 Å². The molecule has 1 aliphatic heterocycles. The van der Waals surface area contributed by atoms with Crippen molar-refractivity contribution in [3.63, 3.8) is 0 Å². The molecule has 1 N–H and O–H groups in total. The van der Waals surface area contributed by atoms with E-state index in [1.165, 1.54) is 0 Å². The molecule has 0 unspecified atom stereocenters. The summed E-state index contributed by atoms with van der Waals surface area (Å²) in [5.74, 6) is 0.274. The fourth-order valence-corrected chi connectivity index (χ4v) is 4.82. The predicted octanol–water partition coefficient (Wildman–Crippen LogP) is 5.81. The molecule has 1 heterocycles. The van der Waals surface area contributed by atoms with E-state index in [-0.39, 0.29) is 55.2 Å². The fourth-order valence-electron chi connectivity index (χ4n) is 4.82. The number of nitrogens with zero attached hydrogens (tertiary/aromatic N) is 1. The van der Waals surface area contributed by atoms with Crippen LogP contribution in [0.3, 0.4) is 0 Å². The highest BCUT2D eigenvalue weighted by Crippen LogP contribution is 2.36. The molecule has 1 aromatic rings. The van der Waals surface area contributed by atoms with E-state index in [1.54, 1.807) is 4.90 Å². The fraction of sp³-hybridized carbons (Fsp3) is 0.667. The van der Waals surface area contributed by atoms with E-state index in [0.717, 1.165) is 32.0 Å². The van der Waals surface area contributed by atoms with Gasteiger partial charge in [0.15, 0.2) is 0 Å². The number of hydrogen-bond acceptors (Lipinski definition) is 4. The molecular weight excluding hydrogens is 478 g/mol.